The number of hydrogen-bond acceptors (Lipinski definition) is 7. The van der Waals surface area contributed by atoms with E-state index in [9.17, 15) is 4.79 Å². The molecule has 2 aromatic carbocycles. The molecule has 0 saturated carbocycles. The summed E-state index contributed by atoms with van der Waals surface area (Å²) in [6, 6.07) is 7.71. The van der Waals surface area contributed by atoms with Gasteiger partial charge in [-0.2, -0.15) is 0 Å². The van der Waals surface area contributed by atoms with Crippen LogP contribution in [0, 0.1) is 0 Å². The number of methoxy groups -OCH3 is 3. The smallest absolute Gasteiger partial charge is 0.335 e. The van der Waals surface area contributed by atoms with Crippen molar-refractivity contribution in [3.05, 3.63) is 52.1 Å². The summed E-state index contributed by atoms with van der Waals surface area (Å²) >= 11 is 0. The molecule has 0 fully saturated rings. The first kappa shape index (κ1) is 17.7. The molecular formula is C22H20O7. The average molecular weight is 396 g/mol. The number of fused-ring (bicyclic) bond motifs is 2. The van der Waals surface area contributed by atoms with Gasteiger partial charge < -0.3 is 28.4 Å². The van der Waals surface area contributed by atoms with E-state index in [2.05, 4.69) is 0 Å². The van der Waals surface area contributed by atoms with E-state index >= 15 is 0 Å². The maximum absolute atomic E-state index is 12.6. The lowest BCUT2D eigenvalue weighted by Crippen LogP contribution is -2.18. The monoisotopic (exact) mass is 396 g/mol. The van der Waals surface area contributed by atoms with Crippen LogP contribution >= 0.6 is 0 Å². The lowest BCUT2D eigenvalue weighted by atomic mass is 9.75. The number of carbonyl (C=O) groups excluding carboxylic acids is 1. The molecule has 0 radical (unpaired) electrons. The Morgan fingerprint density at radius 2 is 1.59 bits per heavy atom. The van der Waals surface area contributed by atoms with Crippen LogP contribution in [0.2, 0.25) is 0 Å². The van der Waals surface area contributed by atoms with Crippen molar-refractivity contribution in [1.82, 2.24) is 0 Å². The van der Waals surface area contributed by atoms with E-state index < -0.39 is 0 Å². The number of ether oxygens (including phenoxy) is 6. The molecule has 0 unspecified atom stereocenters. The minimum Gasteiger partial charge on any atom is -0.493 e. The van der Waals surface area contributed by atoms with Gasteiger partial charge in [0.15, 0.2) is 23.0 Å². The van der Waals surface area contributed by atoms with Crippen LogP contribution in [0.3, 0.4) is 0 Å². The number of hydrogen-bond donors (Lipinski definition) is 0. The van der Waals surface area contributed by atoms with Gasteiger partial charge >= 0.3 is 5.97 Å². The Morgan fingerprint density at radius 3 is 2.24 bits per heavy atom. The molecular weight excluding hydrogens is 376 g/mol. The molecule has 7 nitrogen and oxygen atoms in total. The highest BCUT2D eigenvalue weighted by atomic mass is 16.7. The zero-order valence-corrected chi connectivity index (χ0v) is 16.4. The zero-order chi connectivity index (χ0) is 20.1. The highest BCUT2D eigenvalue weighted by Crippen LogP contribution is 2.50. The Labute approximate surface area is 167 Å². The second-order valence-corrected chi connectivity index (χ2v) is 7.07. The first-order valence-electron chi connectivity index (χ1n) is 9.26. The fourth-order valence-corrected chi connectivity index (χ4v) is 4.34. The molecule has 29 heavy (non-hydrogen) atoms. The first-order chi connectivity index (χ1) is 14.1. The third-order valence-corrected chi connectivity index (χ3v) is 5.64. The van der Waals surface area contributed by atoms with Crippen LogP contribution in [0.1, 0.15) is 22.6 Å². The van der Waals surface area contributed by atoms with Crippen molar-refractivity contribution >= 4 is 5.97 Å². The molecule has 7 heteroatoms. The van der Waals surface area contributed by atoms with Crippen molar-refractivity contribution in [1.29, 1.82) is 0 Å². The lowest BCUT2D eigenvalue weighted by Gasteiger charge is -2.27. The Hall–Kier alpha value is -3.35. The summed E-state index contributed by atoms with van der Waals surface area (Å²) in [6.07, 6.45) is 0.647. The van der Waals surface area contributed by atoms with Gasteiger partial charge in [-0.3, -0.25) is 0 Å². The molecule has 2 heterocycles. The van der Waals surface area contributed by atoms with Crippen molar-refractivity contribution < 1.29 is 33.2 Å². The van der Waals surface area contributed by atoms with Gasteiger partial charge in [-0.05, 0) is 52.9 Å². The van der Waals surface area contributed by atoms with Gasteiger partial charge in [0.05, 0.1) is 26.9 Å². The van der Waals surface area contributed by atoms with E-state index in [1.54, 1.807) is 21.3 Å². The highest BCUT2D eigenvalue weighted by molar-refractivity contribution is 5.95. The van der Waals surface area contributed by atoms with Gasteiger partial charge in [0, 0.05) is 5.92 Å². The molecule has 1 aliphatic carbocycles. The van der Waals surface area contributed by atoms with E-state index in [0.29, 0.717) is 41.6 Å². The fraction of sp³-hybridized carbons (Fsp3) is 0.318. The summed E-state index contributed by atoms with van der Waals surface area (Å²) in [6.45, 7) is 0.505. The van der Waals surface area contributed by atoms with Crippen molar-refractivity contribution in [2.75, 3.05) is 34.7 Å². The van der Waals surface area contributed by atoms with Gasteiger partial charge in [-0.25, -0.2) is 4.79 Å². The molecule has 2 aliphatic heterocycles. The van der Waals surface area contributed by atoms with Crippen LogP contribution in [-0.2, 0) is 16.0 Å². The minimum absolute atomic E-state index is 0.197. The summed E-state index contributed by atoms with van der Waals surface area (Å²) in [7, 11) is 4.70. The summed E-state index contributed by atoms with van der Waals surface area (Å²) in [5.74, 6) is 2.35. The normalized spacial score (nSPS) is 18.9. The summed E-state index contributed by atoms with van der Waals surface area (Å²) < 4.78 is 33.0. The van der Waals surface area contributed by atoms with E-state index in [-0.39, 0.29) is 18.7 Å². The van der Waals surface area contributed by atoms with Gasteiger partial charge in [0.2, 0.25) is 12.5 Å². The van der Waals surface area contributed by atoms with Gasteiger partial charge in [-0.15, -0.1) is 0 Å². The second kappa shape index (κ2) is 6.62. The second-order valence-electron chi connectivity index (χ2n) is 7.07. The van der Waals surface area contributed by atoms with Gasteiger partial charge in [0.1, 0.15) is 6.61 Å². The van der Waals surface area contributed by atoms with Crippen LogP contribution in [-0.4, -0.2) is 40.7 Å². The SMILES string of the molecule is COc1cc([C@H]2C3=C(COC3=O)Cc3cc4c(cc32)OCO4)cc(OC)c1OC. The van der Waals surface area contributed by atoms with Crippen molar-refractivity contribution in [3.63, 3.8) is 0 Å². The van der Waals surface area contributed by atoms with Crippen LogP contribution < -0.4 is 23.7 Å². The third kappa shape index (κ3) is 2.61. The fourth-order valence-electron chi connectivity index (χ4n) is 4.34. The summed E-state index contributed by atoms with van der Waals surface area (Å²) in [5.41, 5.74) is 4.59. The minimum atomic E-state index is -0.327. The quantitative estimate of drug-likeness (QED) is 0.736. The Bertz CT molecular complexity index is 1030. The Balaban J connectivity index is 1.74. The standard InChI is InChI=1S/C22H20O7/c1-24-17-6-12(7-18(25-2)21(17)26-3)19-14-8-16-15(28-10-29-16)5-11(14)4-13-9-27-22(23)20(13)19/h5-8,19H,4,9-10H2,1-3H3/t19-/m1/s1. The van der Waals surface area contributed by atoms with Crippen molar-refractivity contribution in [2.24, 2.45) is 0 Å². The predicted molar refractivity (Wildman–Crippen MR) is 102 cm³/mol. The van der Waals surface area contributed by atoms with E-state index in [0.717, 1.165) is 28.0 Å². The predicted octanol–water partition coefficient (Wildman–Crippen LogP) is 2.98. The molecule has 0 aromatic heterocycles. The van der Waals surface area contributed by atoms with Crippen molar-refractivity contribution in [2.45, 2.75) is 12.3 Å². The largest absolute Gasteiger partial charge is 0.493 e. The summed E-state index contributed by atoms with van der Waals surface area (Å²) in [4.78, 5) is 12.6. The maximum Gasteiger partial charge on any atom is 0.335 e. The molecule has 0 saturated heterocycles. The Kier molecular flexibility index (Phi) is 4.04. The number of rotatable bonds is 4. The third-order valence-electron chi connectivity index (χ3n) is 5.64. The van der Waals surface area contributed by atoms with Gasteiger partial charge in [-0.1, -0.05) is 0 Å². The molecule has 3 aliphatic rings. The number of benzene rings is 2. The first-order valence-corrected chi connectivity index (χ1v) is 9.26. The molecule has 2 aromatic rings. The van der Waals surface area contributed by atoms with E-state index in [1.807, 2.05) is 24.3 Å². The number of carbonyl (C=O) groups is 1. The molecule has 0 amide bonds. The highest BCUT2D eigenvalue weighted by Gasteiger charge is 2.40. The number of esters is 1. The average Bonchev–Trinajstić information content (AvgIpc) is 3.35. The van der Waals surface area contributed by atoms with Crippen LogP contribution in [0.5, 0.6) is 28.7 Å². The summed E-state index contributed by atoms with van der Waals surface area (Å²) in [5, 5.41) is 0. The topological polar surface area (TPSA) is 72.5 Å². The lowest BCUT2D eigenvalue weighted by molar-refractivity contribution is -0.136. The number of cyclic esters (lactones) is 1. The molecule has 0 N–H and O–H groups in total. The van der Waals surface area contributed by atoms with Crippen LogP contribution in [0.4, 0.5) is 0 Å². The molecule has 5 rings (SSSR count). The van der Waals surface area contributed by atoms with E-state index in [1.165, 1.54) is 0 Å². The molecule has 1 atom stereocenters. The van der Waals surface area contributed by atoms with Gasteiger partial charge in [0.25, 0.3) is 0 Å². The molecule has 0 bridgehead atoms. The molecule has 150 valence electrons. The Morgan fingerprint density at radius 1 is 0.897 bits per heavy atom. The van der Waals surface area contributed by atoms with Crippen LogP contribution in [0.15, 0.2) is 35.4 Å². The zero-order valence-electron chi connectivity index (χ0n) is 16.4. The maximum atomic E-state index is 12.6. The van der Waals surface area contributed by atoms with E-state index in [4.69, 9.17) is 28.4 Å². The molecule has 0 spiro atoms. The van der Waals surface area contributed by atoms with Crippen molar-refractivity contribution in [3.8, 4) is 28.7 Å². The van der Waals surface area contributed by atoms with Crippen LogP contribution in [0.25, 0.3) is 0 Å².